The molecule has 0 bridgehead atoms. The van der Waals surface area contributed by atoms with Gasteiger partial charge in [-0.3, -0.25) is 4.18 Å². The summed E-state index contributed by atoms with van der Waals surface area (Å²) >= 11 is 5.00. The molecule has 3 rings (SSSR count). The second kappa shape index (κ2) is 7.38. The van der Waals surface area contributed by atoms with Crippen molar-refractivity contribution < 1.29 is 4.18 Å². The Labute approximate surface area is 157 Å². The summed E-state index contributed by atoms with van der Waals surface area (Å²) in [6, 6.07) is 6.52. The number of rotatable bonds is 7. The Morgan fingerprint density at radius 1 is 1.38 bits per heavy atom. The molecule has 1 aromatic heterocycles. The van der Waals surface area contributed by atoms with Gasteiger partial charge in [0.05, 0.1) is 18.3 Å². The molecule has 0 radical (unpaired) electrons. The maximum atomic E-state index is 5.65. The van der Waals surface area contributed by atoms with Crippen molar-refractivity contribution in [3.63, 3.8) is 0 Å². The molecule has 132 valence electrons. The summed E-state index contributed by atoms with van der Waals surface area (Å²) in [5.74, 6) is 0. The first-order valence-corrected chi connectivity index (χ1v) is 9.89. The summed E-state index contributed by atoms with van der Waals surface area (Å²) in [4.78, 5) is 0. The first-order chi connectivity index (χ1) is 11.3. The molecule has 1 aliphatic carbocycles. The Bertz CT molecular complexity index is 706. The number of halogens is 1. The normalized spacial score (nSPS) is 15.6. The largest absolute Gasteiger partial charge is 0.347 e. The first-order valence-electron chi connectivity index (χ1n) is 8.40. The highest BCUT2D eigenvalue weighted by molar-refractivity contribution is 9.10. The van der Waals surface area contributed by atoms with Gasteiger partial charge < -0.3 is 4.57 Å². The van der Waals surface area contributed by atoms with Gasteiger partial charge in [0.25, 0.3) is 0 Å². The van der Waals surface area contributed by atoms with E-state index in [0.717, 1.165) is 17.6 Å². The lowest BCUT2D eigenvalue weighted by Gasteiger charge is -2.20. The van der Waals surface area contributed by atoms with Gasteiger partial charge >= 0.3 is 0 Å². The minimum Gasteiger partial charge on any atom is -0.347 e. The van der Waals surface area contributed by atoms with Crippen LogP contribution in [0.4, 0.5) is 0 Å². The number of benzene rings is 1. The van der Waals surface area contributed by atoms with E-state index < -0.39 is 0 Å². The second-order valence-corrected chi connectivity index (χ2v) is 9.51. The van der Waals surface area contributed by atoms with Crippen LogP contribution in [0.5, 0.6) is 0 Å². The van der Waals surface area contributed by atoms with E-state index in [2.05, 4.69) is 71.1 Å². The Balaban J connectivity index is 1.74. The van der Waals surface area contributed by atoms with Crippen LogP contribution in [0.15, 0.2) is 28.9 Å². The zero-order valence-corrected chi connectivity index (χ0v) is 17.2. The molecule has 1 N–H and O–H groups in total. The number of hydrazine groups is 1. The van der Waals surface area contributed by atoms with Crippen LogP contribution >= 0.6 is 28.2 Å². The van der Waals surface area contributed by atoms with Crippen LogP contribution in [0.3, 0.4) is 0 Å². The molecule has 0 spiro atoms. The van der Waals surface area contributed by atoms with Crippen LogP contribution in [0.1, 0.15) is 39.2 Å². The van der Waals surface area contributed by atoms with Gasteiger partial charge in [-0.2, -0.15) is 4.41 Å². The number of nitrogens with one attached hydrogen (secondary N) is 1. The van der Waals surface area contributed by atoms with Gasteiger partial charge in [-0.1, -0.05) is 42.8 Å². The standard InChI is InChI=1S/C18H26BrN3OS/c1-18(2,3)12-22-11-13(16-8-5-14(19)9-17(16)22)10-20-21(4)24-23-15-6-7-15/h5,8-9,11,15,20H,6-7,10,12H2,1-4H3. The van der Waals surface area contributed by atoms with E-state index in [1.165, 1.54) is 41.5 Å². The minimum atomic E-state index is 0.240. The van der Waals surface area contributed by atoms with Gasteiger partial charge in [0.2, 0.25) is 0 Å². The summed E-state index contributed by atoms with van der Waals surface area (Å²) in [6.45, 7) is 8.60. The van der Waals surface area contributed by atoms with Crippen molar-refractivity contribution in [3.05, 3.63) is 34.4 Å². The average Bonchev–Trinajstić information content (AvgIpc) is 3.26. The van der Waals surface area contributed by atoms with E-state index in [1.54, 1.807) is 0 Å². The highest BCUT2D eigenvalue weighted by atomic mass is 79.9. The molecule has 1 heterocycles. The van der Waals surface area contributed by atoms with Crippen LogP contribution in [0.2, 0.25) is 0 Å². The maximum absolute atomic E-state index is 5.65. The lowest BCUT2D eigenvalue weighted by atomic mass is 9.97. The Hall–Kier alpha value is -0.530. The topological polar surface area (TPSA) is 29.4 Å². The fourth-order valence-corrected chi connectivity index (χ4v) is 3.55. The molecule has 24 heavy (non-hydrogen) atoms. The number of hydrogen-bond donors (Lipinski definition) is 1. The summed E-state index contributed by atoms with van der Waals surface area (Å²) < 4.78 is 11.1. The Kier molecular flexibility index (Phi) is 5.62. The van der Waals surface area contributed by atoms with Crippen LogP contribution in [0, 0.1) is 5.41 Å². The molecule has 1 saturated carbocycles. The predicted octanol–water partition coefficient (Wildman–Crippen LogP) is 5.13. The van der Waals surface area contributed by atoms with Crippen molar-refractivity contribution in [3.8, 4) is 0 Å². The van der Waals surface area contributed by atoms with Gasteiger partial charge in [0.15, 0.2) is 0 Å². The molecule has 0 amide bonds. The fraction of sp³-hybridized carbons (Fsp3) is 0.556. The average molecular weight is 412 g/mol. The lowest BCUT2D eigenvalue weighted by molar-refractivity contribution is 0.308. The smallest absolute Gasteiger partial charge is 0.0974 e. The number of hydrogen-bond acceptors (Lipinski definition) is 4. The first kappa shape index (κ1) is 18.3. The number of aromatic nitrogens is 1. The third kappa shape index (κ3) is 4.99. The molecule has 0 unspecified atom stereocenters. The molecule has 0 atom stereocenters. The minimum absolute atomic E-state index is 0.240. The molecule has 0 aliphatic heterocycles. The van der Waals surface area contributed by atoms with Crippen LogP contribution in [-0.4, -0.2) is 22.1 Å². The van der Waals surface area contributed by atoms with E-state index in [1.807, 2.05) is 11.5 Å². The van der Waals surface area contributed by atoms with Gasteiger partial charge in [-0.25, -0.2) is 5.43 Å². The van der Waals surface area contributed by atoms with Crippen molar-refractivity contribution in [1.82, 2.24) is 14.4 Å². The SMILES string of the molecule is CN(NCc1cn(CC(C)(C)C)c2cc(Br)ccc12)SOC1CC1. The monoisotopic (exact) mass is 411 g/mol. The van der Waals surface area contributed by atoms with E-state index in [4.69, 9.17) is 4.18 Å². The van der Waals surface area contributed by atoms with Gasteiger partial charge in [0.1, 0.15) is 0 Å². The van der Waals surface area contributed by atoms with Crippen LogP contribution < -0.4 is 5.43 Å². The number of nitrogens with zero attached hydrogens (tertiary/aromatic N) is 2. The molecule has 1 fully saturated rings. The molecule has 0 saturated heterocycles. The molecule has 4 nitrogen and oxygen atoms in total. The van der Waals surface area contributed by atoms with E-state index >= 15 is 0 Å². The van der Waals surface area contributed by atoms with Gasteiger partial charge in [-0.05, 0) is 36.0 Å². The Morgan fingerprint density at radius 3 is 2.79 bits per heavy atom. The van der Waals surface area contributed by atoms with Crippen molar-refractivity contribution in [2.75, 3.05) is 7.05 Å². The quantitative estimate of drug-likeness (QED) is 0.388. The van der Waals surface area contributed by atoms with Crippen LogP contribution in [-0.2, 0) is 17.3 Å². The lowest BCUT2D eigenvalue weighted by Crippen LogP contribution is -2.28. The van der Waals surface area contributed by atoms with Crippen molar-refractivity contribution in [2.24, 2.45) is 5.41 Å². The van der Waals surface area contributed by atoms with Gasteiger partial charge in [-0.15, -0.1) is 0 Å². The zero-order valence-electron chi connectivity index (χ0n) is 14.8. The Morgan fingerprint density at radius 2 is 2.12 bits per heavy atom. The van der Waals surface area contributed by atoms with Crippen molar-refractivity contribution >= 4 is 39.1 Å². The molecule has 1 aromatic carbocycles. The van der Waals surface area contributed by atoms with E-state index in [-0.39, 0.29) is 5.41 Å². The molecular weight excluding hydrogens is 386 g/mol. The highest BCUT2D eigenvalue weighted by Gasteiger charge is 2.23. The van der Waals surface area contributed by atoms with E-state index in [0.29, 0.717) is 6.10 Å². The molecular formula is C18H26BrN3OS. The highest BCUT2D eigenvalue weighted by Crippen LogP contribution is 2.30. The molecule has 6 heteroatoms. The summed E-state index contributed by atoms with van der Waals surface area (Å²) in [6.07, 6.45) is 5.10. The molecule has 1 aliphatic rings. The fourth-order valence-electron chi connectivity index (χ4n) is 2.64. The van der Waals surface area contributed by atoms with E-state index in [9.17, 15) is 0 Å². The maximum Gasteiger partial charge on any atom is 0.0974 e. The van der Waals surface area contributed by atoms with Gasteiger partial charge in [0, 0.05) is 41.7 Å². The zero-order chi connectivity index (χ0) is 17.3. The molecule has 2 aromatic rings. The predicted molar refractivity (Wildman–Crippen MR) is 105 cm³/mol. The summed E-state index contributed by atoms with van der Waals surface area (Å²) in [5, 5.41) is 1.30. The summed E-state index contributed by atoms with van der Waals surface area (Å²) in [7, 11) is 2.00. The number of fused-ring (bicyclic) bond motifs is 1. The second-order valence-electron chi connectivity index (χ2n) is 7.71. The third-order valence-corrected chi connectivity index (χ3v) is 5.08. The summed E-state index contributed by atoms with van der Waals surface area (Å²) in [5.41, 5.74) is 6.24. The third-order valence-electron chi connectivity index (χ3n) is 3.88. The van der Waals surface area contributed by atoms with Crippen molar-refractivity contribution in [2.45, 2.75) is 52.8 Å². The van der Waals surface area contributed by atoms with Crippen molar-refractivity contribution in [1.29, 1.82) is 0 Å². The van der Waals surface area contributed by atoms with Crippen LogP contribution in [0.25, 0.3) is 10.9 Å².